The number of allylic oxidation sites excluding steroid dienone is 1. The van der Waals surface area contributed by atoms with Crippen LogP contribution in [0.15, 0.2) is 66.7 Å². The molecule has 0 N–H and O–H groups in total. The number of aromatic nitrogens is 2. The van der Waals surface area contributed by atoms with Crippen LogP contribution in [0.25, 0.3) is 22.7 Å². The van der Waals surface area contributed by atoms with Crippen LogP contribution in [0.4, 0.5) is 0 Å². The van der Waals surface area contributed by atoms with Crippen LogP contribution >= 0.6 is 11.6 Å². The van der Waals surface area contributed by atoms with E-state index in [0.717, 1.165) is 22.2 Å². The van der Waals surface area contributed by atoms with Gasteiger partial charge in [-0.2, -0.15) is 5.26 Å². The van der Waals surface area contributed by atoms with Crippen molar-refractivity contribution >= 4 is 34.3 Å². The van der Waals surface area contributed by atoms with E-state index in [9.17, 15) is 5.26 Å². The maximum absolute atomic E-state index is 9.77. The number of para-hydroxylation sites is 2. The summed E-state index contributed by atoms with van der Waals surface area (Å²) in [5, 5.41) is 10.4. The van der Waals surface area contributed by atoms with E-state index >= 15 is 0 Å². The molecule has 0 atom stereocenters. The maximum atomic E-state index is 9.77. The minimum atomic E-state index is 0.328. The lowest BCUT2D eigenvalue weighted by molar-refractivity contribution is 0.284. The molecule has 4 aromatic rings. The molecule has 0 aliphatic carbocycles. The summed E-state index contributed by atoms with van der Waals surface area (Å²) >= 11 is 6.21. The summed E-state index contributed by atoms with van der Waals surface area (Å²) in [5.41, 5.74) is 3.99. The van der Waals surface area contributed by atoms with Crippen LogP contribution in [0.2, 0.25) is 5.02 Å². The summed E-state index contributed by atoms with van der Waals surface area (Å²) in [7, 11) is 3.49. The quantitative estimate of drug-likeness (QED) is 0.359. The fraction of sp³-hybridized carbons (Fsp3) is 0.120. The molecule has 0 aliphatic rings. The highest BCUT2D eigenvalue weighted by atomic mass is 35.5. The molecular weight excluding hydrogens is 410 g/mol. The predicted molar refractivity (Wildman–Crippen MR) is 123 cm³/mol. The van der Waals surface area contributed by atoms with E-state index in [-0.39, 0.29) is 0 Å². The van der Waals surface area contributed by atoms with Crippen LogP contribution in [-0.2, 0) is 13.7 Å². The van der Waals surface area contributed by atoms with Gasteiger partial charge in [-0.1, -0.05) is 48.0 Å². The topological polar surface area (TPSA) is 60.1 Å². The van der Waals surface area contributed by atoms with Crippen LogP contribution in [0.1, 0.15) is 17.0 Å². The first kappa shape index (κ1) is 20.5. The Bertz CT molecular complexity index is 1320. The first-order chi connectivity index (χ1) is 15.1. The van der Waals surface area contributed by atoms with Gasteiger partial charge in [-0.3, -0.25) is 0 Å². The number of imidazole rings is 1. The molecule has 0 amide bonds. The van der Waals surface area contributed by atoms with E-state index in [1.807, 2.05) is 78.3 Å². The van der Waals surface area contributed by atoms with Gasteiger partial charge in [-0.05, 0) is 42.0 Å². The number of aryl methyl sites for hydroxylation is 1. The van der Waals surface area contributed by atoms with Gasteiger partial charge < -0.3 is 14.0 Å². The Morgan fingerprint density at radius 3 is 2.61 bits per heavy atom. The molecule has 0 bridgehead atoms. The molecule has 31 heavy (non-hydrogen) atoms. The van der Waals surface area contributed by atoms with Crippen molar-refractivity contribution in [3.8, 4) is 17.6 Å². The van der Waals surface area contributed by atoms with Crippen molar-refractivity contribution in [1.29, 1.82) is 5.26 Å². The summed E-state index contributed by atoms with van der Waals surface area (Å²) in [5.74, 6) is 1.78. The Labute approximate surface area is 185 Å². The Balaban J connectivity index is 1.63. The lowest BCUT2D eigenvalue weighted by Crippen LogP contribution is -1.99. The second kappa shape index (κ2) is 8.95. The summed E-state index contributed by atoms with van der Waals surface area (Å²) in [6, 6.07) is 23.1. The second-order valence-electron chi connectivity index (χ2n) is 6.94. The first-order valence-electron chi connectivity index (χ1n) is 9.68. The van der Waals surface area contributed by atoms with Gasteiger partial charge in [-0.15, -0.1) is 0 Å². The van der Waals surface area contributed by atoms with Gasteiger partial charge in [0.05, 0.1) is 23.7 Å². The van der Waals surface area contributed by atoms with Gasteiger partial charge in [-0.25, -0.2) is 4.98 Å². The molecule has 0 aliphatic heterocycles. The van der Waals surface area contributed by atoms with Gasteiger partial charge in [0.1, 0.15) is 12.7 Å². The fourth-order valence-electron chi connectivity index (χ4n) is 3.36. The molecule has 6 heteroatoms. The van der Waals surface area contributed by atoms with E-state index in [2.05, 4.69) is 11.1 Å². The number of ether oxygens (including phenoxy) is 2. The van der Waals surface area contributed by atoms with Crippen molar-refractivity contribution in [1.82, 2.24) is 9.55 Å². The fourth-order valence-corrected chi connectivity index (χ4v) is 3.55. The summed E-state index contributed by atoms with van der Waals surface area (Å²) < 4.78 is 13.3. The van der Waals surface area contributed by atoms with Crippen LogP contribution in [-0.4, -0.2) is 16.7 Å². The number of nitriles is 1. The molecule has 1 aromatic heterocycles. The van der Waals surface area contributed by atoms with E-state index < -0.39 is 0 Å². The molecular formula is C25H20ClN3O2. The van der Waals surface area contributed by atoms with E-state index in [0.29, 0.717) is 34.5 Å². The van der Waals surface area contributed by atoms with Gasteiger partial charge in [0, 0.05) is 17.6 Å². The Kier molecular flexibility index (Phi) is 5.92. The monoisotopic (exact) mass is 429 g/mol. The number of rotatable bonds is 6. The van der Waals surface area contributed by atoms with Crippen molar-refractivity contribution in [3.05, 3.63) is 88.7 Å². The van der Waals surface area contributed by atoms with Crippen molar-refractivity contribution in [2.45, 2.75) is 6.61 Å². The van der Waals surface area contributed by atoms with Gasteiger partial charge >= 0.3 is 0 Å². The number of methoxy groups -OCH3 is 1. The van der Waals surface area contributed by atoms with E-state index in [1.165, 1.54) is 0 Å². The minimum absolute atomic E-state index is 0.328. The average molecular weight is 430 g/mol. The number of benzene rings is 3. The summed E-state index contributed by atoms with van der Waals surface area (Å²) in [6.07, 6.45) is 1.79. The van der Waals surface area contributed by atoms with Gasteiger partial charge in [0.25, 0.3) is 0 Å². The number of nitrogens with zero attached hydrogens (tertiary/aromatic N) is 3. The van der Waals surface area contributed by atoms with Crippen molar-refractivity contribution < 1.29 is 9.47 Å². The molecule has 1 heterocycles. The molecule has 0 radical (unpaired) electrons. The third-order valence-electron chi connectivity index (χ3n) is 4.99. The lowest BCUT2D eigenvalue weighted by atomic mass is 10.1. The molecule has 5 nitrogen and oxygen atoms in total. The molecule has 0 saturated heterocycles. The van der Waals surface area contributed by atoms with Crippen LogP contribution in [0.3, 0.4) is 0 Å². The summed E-state index contributed by atoms with van der Waals surface area (Å²) in [4.78, 5) is 4.61. The molecule has 0 unspecified atom stereocenters. The van der Waals surface area contributed by atoms with Gasteiger partial charge in [0.2, 0.25) is 0 Å². The zero-order chi connectivity index (χ0) is 21.8. The third-order valence-corrected chi connectivity index (χ3v) is 5.36. The minimum Gasteiger partial charge on any atom is -0.493 e. The third kappa shape index (κ3) is 4.25. The standard InChI is InChI=1S/C25H20ClN3O2/c1-29-22-10-6-5-9-21(22)28-25(29)19(15-27)13-17-11-12-23(24(14-17)30-2)31-16-18-7-3-4-8-20(18)26/h3-14H,16H2,1-2H3/b19-13+. The zero-order valence-corrected chi connectivity index (χ0v) is 17.9. The SMILES string of the molecule is COc1cc(/C=C(\C#N)c2nc3ccccc3n2C)ccc1OCc1ccccc1Cl. The molecule has 0 fully saturated rings. The van der Waals surface area contributed by atoms with Crippen LogP contribution in [0, 0.1) is 11.3 Å². The predicted octanol–water partition coefficient (Wildman–Crippen LogP) is 5.88. The average Bonchev–Trinajstić information content (AvgIpc) is 3.13. The molecule has 154 valence electrons. The van der Waals surface area contributed by atoms with E-state index in [1.54, 1.807) is 13.2 Å². The van der Waals surface area contributed by atoms with Crippen molar-refractivity contribution in [2.24, 2.45) is 7.05 Å². The second-order valence-corrected chi connectivity index (χ2v) is 7.35. The number of hydrogen-bond donors (Lipinski definition) is 0. The Hall–Kier alpha value is -3.75. The smallest absolute Gasteiger partial charge is 0.161 e. The Morgan fingerprint density at radius 1 is 1.10 bits per heavy atom. The molecule has 3 aromatic carbocycles. The molecule has 0 spiro atoms. The largest absolute Gasteiger partial charge is 0.493 e. The van der Waals surface area contributed by atoms with Crippen LogP contribution in [0.5, 0.6) is 11.5 Å². The first-order valence-corrected chi connectivity index (χ1v) is 10.1. The molecule has 0 saturated carbocycles. The van der Waals surface area contributed by atoms with Crippen molar-refractivity contribution in [3.63, 3.8) is 0 Å². The molecule has 4 rings (SSSR count). The van der Waals surface area contributed by atoms with Crippen molar-refractivity contribution in [2.75, 3.05) is 7.11 Å². The normalized spacial score (nSPS) is 11.4. The number of halogens is 1. The van der Waals surface area contributed by atoms with Crippen LogP contribution < -0.4 is 9.47 Å². The van der Waals surface area contributed by atoms with Gasteiger partial charge in [0.15, 0.2) is 17.3 Å². The summed E-state index contributed by atoms with van der Waals surface area (Å²) in [6.45, 7) is 0.328. The number of fused-ring (bicyclic) bond motifs is 1. The highest BCUT2D eigenvalue weighted by Crippen LogP contribution is 2.31. The zero-order valence-electron chi connectivity index (χ0n) is 17.2. The lowest BCUT2D eigenvalue weighted by Gasteiger charge is -2.12. The highest BCUT2D eigenvalue weighted by Gasteiger charge is 2.13. The number of hydrogen-bond acceptors (Lipinski definition) is 4. The maximum Gasteiger partial charge on any atom is 0.161 e. The highest BCUT2D eigenvalue weighted by molar-refractivity contribution is 6.31. The Morgan fingerprint density at radius 2 is 1.87 bits per heavy atom. The van der Waals surface area contributed by atoms with E-state index in [4.69, 9.17) is 21.1 Å².